The number of nitrogens with one attached hydrogen (secondary N) is 1. The summed E-state index contributed by atoms with van der Waals surface area (Å²) < 4.78 is 20.7. The molecule has 0 aliphatic heterocycles. The molecular weight excluding hydrogens is 193 g/mol. The Labute approximate surface area is 80.7 Å². The van der Waals surface area contributed by atoms with Gasteiger partial charge in [-0.15, -0.1) is 0 Å². The first-order chi connectivity index (χ1) is 5.63. The standard InChI is InChI=1S/C4H6N3O2S.CH3.Al/c1-2-3(10(8)9)4(5)7-6-2;;/h1H3,(H3,5,6,7);1H3;/q-1;;+1. The van der Waals surface area contributed by atoms with E-state index in [2.05, 4.69) is 26.5 Å². The fourth-order valence-corrected chi connectivity index (χ4v) is 1.16. The predicted octanol–water partition coefficient (Wildman–Crippen LogP) is 0.172. The first-order valence-corrected chi connectivity index (χ1v) is 5.33. The normalized spacial score (nSPS) is 9.17. The van der Waals surface area contributed by atoms with E-state index in [4.69, 9.17) is 5.73 Å². The van der Waals surface area contributed by atoms with Gasteiger partial charge in [0.2, 0.25) is 0 Å². The van der Waals surface area contributed by atoms with Crippen molar-refractivity contribution in [2.75, 3.05) is 5.73 Å². The number of nitrogen functional groups attached to an aromatic ring is 1. The topological polar surface area (TPSA) is 88.8 Å². The molecule has 0 spiro atoms. The van der Waals surface area contributed by atoms with Crippen LogP contribution in [0.2, 0.25) is 5.79 Å². The Bertz CT molecular complexity index is 293. The van der Waals surface area contributed by atoms with E-state index in [-0.39, 0.29) is 10.7 Å². The van der Waals surface area contributed by atoms with Crippen molar-refractivity contribution >= 4 is 32.8 Å². The minimum absolute atomic E-state index is 0.0193. The zero-order valence-corrected chi connectivity index (χ0v) is 8.80. The maximum atomic E-state index is 10.4. The molecule has 0 aromatic carbocycles. The van der Waals surface area contributed by atoms with Crippen LogP contribution in [-0.4, -0.2) is 26.5 Å². The first kappa shape index (κ1) is 11.5. The van der Waals surface area contributed by atoms with Crippen molar-refractivity contribution in [3.05, 3.63) is 5.69 Å². The zero-order chi connectivity index (χ0) is 9.72. The van der Waals surface area contributed by atoms with Gasteiger partial charge in [-0.2, -0.15) is 5.10 Å². The molecule has 0 aliphatic rings. The summed E-state index contributed by atoms with van der Waals surface area (Å²) in [6.45, 7) is 1.59. The molecule has 0 unspecified atom stereocenters. The Morgan fingerprint density at radius 2 is 2.00 bits per heavy atom. The number of H-pyrrole nitrogens is 1. The van der Waals surface area contributed by atoms with E-state index in [9.17, 15) is 8.42 Å². The van der Waals surface area contributed by atoms with Crippen LogP contribution < -0.4 is 5.73 Å². The average molecular weight is 202 g/mol. The van der Waals surface area contributed by atoms with E-state index in [1.165, 1.54) is 0 Å². The number of hydrogen-bond donors (Lipinski definition) is 2. The molecule has 1 aromatic rings. The number of nitrogens with two attached hydrogens (primary N) is 1. The monoisotopic (exact) mass is 202 g/mol. The van der Waals surface area contributed by atoms with Crippen LogP contribution in [0.3, 0.4) is 0 Å². The molecule has 3 N–H and O–H groups in total. The number of nitrogens with zero attached hydrogens (tertiary/aromatic N) is 1. The van der Waals surface area contributed by atoms with E-state index in [0.29, 0.717) is 5.69 Å². The van der Waals surface area contributed by atoms with E-state index in [0.717, 1.165) is 0 Å². The van der Waals surface area contributed by atoms with E-state index in [1.54, 1.807) is 6.92 Å². The number of anilines is 1. The van der Waals surface area contributed by atoms with Crippen LogP contribution >= 0.6 is 0 Å². The second kappa shape index (κ2) is 5.19. The zero-order valence-electron chi connectivity index (χ0n) is 6.83. The van der Waals surface area contributed by atoms with Crippen molar-refractivity contribution in [3.8, 4) is 0 Å². The molecule has 0 bridgehead atoms. The van der Waals surface area contributed by atoms with E-state index in [1.807, 2.05) is 5.79 Å². The summed E-state index contributed by atoms with van der Waals surface area (Å²) in [5.74, 6) is 1.94. The van der Waals surface area contributed by atoms with Gasteiger partial charge in [0.25, 0.3) is 0 Å². The van der Waals surface area contributed by atoms with Crippen LogP contribution in [0.5, 0.6) is 0 Å². The molecular formula is C5H9AlN3O2S. The Morgan fingerprint density at radius 1 is 1.50 bits per heavy atom. The van der Waals surface area contributed by atoms with E-state index >= 15 is 0 Å². The van der Waals surface area contributed by atoms with Gasteiger partial charge < -0.3 is 14.2 Å². The molecule has 0 fully saturated rings. The Hall–Kier alpha value is -0.508. The first-order valence-electron chi connectivity index (χ1n) is 3.10. The van der Waals surface area contributed by atoms with Crippen molar-refractivity contribution < 1.29 is 8.42 Å². The molecule has 0 aliphatic carbocycles. The van der Waals surface area contributed by atoms with Gasteiger partial charge >= 0.3 is 22.1 Å². The van der Waals surface area contributed by atoms with Gasteiger partial charge in [0.1, 0.15) is 5.82 Å². The van der Waals surface area contributed by atoms with Crippen LogP contribution in [0.1, 0.15) is 5.69 Å². The molecule has 0 saturated carbocycles. The summed E-state index contributed by atoms with van der Waals surface area (Å²) in [6.07, 6.45) is 0. The second-order valence-corrected chi connectivity index (χ2v) is 2.68. The summed E-state index contributed by atoms with van der Waals surface area (Å²) in [5, 5.41) is 5.95. The summed E-state index contributed by atoms with van der Waals surface area (Å²) in [5.41, 5.74) is 5.67. The van der Waals surface area contributed by atoms with Crippen molar-refractivity contribution in [3.63, 3.8) is 0 Å². The van der Waals surface area contributed by atoms with Crippen LogP contribution in [0.15, 0.2) is 4.90 Å². The second-order valence-electron chi connectivity index (χ2n) is 1.80. The third-order valence-electron chi connectivity index (χ3n) is 1.08. The quantitative estimate of drug-likeness (QED) is 0.502. The van der Waals surface area contributed by atoms with Gasteiger partial charge in [0.05, 0.1) is 0 Å². The molecule has 1 radical (unpaired) electrons. The number of aromatic amines is 1. The SMILES string of the molecule is Cc1[nH]nc(N)c1[S-](=O)=O.[CH3][Al+]. The minimum atomic E-state index is -2.29. The Kier molecular flexibility index (Phi) is 4.97. The van der Waals surface area contributed by atoms with Crippen LogP contribution in [0.4, 0.5) is 5.82 Å². The van der Waals surface area contributed by atoms with Crippen molar-refractivity contribution in [1.29, 1.82) is 0 Å². The molecule has 0 amide bonds. The average Bonchev–Trinajstić information content (AvgIpc) is 2.35. The molecule has 7 heteroatoms. The van der Waals surface area contributed by atoms with Crippen molar-refractivity contribution in [1.82, 2.24) is 10.2 Å². The van der Waals surface area contributed by atoms with Gasteiger partial charge in [-0.05, 0) is 22.5 Å². The van der Waals surface area contributed by atoms with Gasteiger partial charge in [0.15, 0.2) is 0 Å². The third-order valence-corrected chi connectivity index (χ3v) is 1.93. The fourth-order valence-electron chi connectivity index (χ4n) is 0.648. The Balaban J connectivity index is 0.000000561. The fraction of sp³-hybridized carbons (Fsp3) is 0.400. The molecule has 1 heterocycles. The van der Waals surface area contributed by atoms with Crippen molar-refractivity contribution in [2.45, 2.75) is 17.6 Å². The molecule has 0 saturated heterocycles. The van der Waals surface area contributed by atoms with Gasteiger partial charge in [-0.1, -0.05) is 0 Å². The maximum absolute atomic E-state index is 10.4. The van der Waals surface area contributed by atoms with Crippen molar-refractivity contribution in [2.24, 2.45) is 0 Å². The summed E-state index contributed by atoms with van der Waals surface area (Å²) in [6, 6.07) is 0. The molecule has 65 valence electrons. The van der Waals surface area contributed by atoms with Crippen LogP contribution in [0, 0.1) is 6.92 Å². The third kappa shape index (κ3) is 2.52. The summed E-state index contributed by atoms with van der Waals surface area (Å²) in [7, 11) is -2.29. The molecule has 1 aromatic heterocycles. The molecule has 5 nitrogen and oxygen atoms in total. The number of hydrogen-bond acceptors (Lipinski definition) is 5. The summed E-state index contributed by atoms with van der Waals surface area (Å²) >= 11 is 2.42. The molecule has 1 rings (SSSR count). The van der Waals surface area contributed by atoms with Gasteiger partial charge in [0, 0.05) is 5.69 Å². The van der Waals surface area contributed by atoms with Crippen LogP contribution in [0.25, 0.3) is 0 Å². The van der Waals surface area contributed by atoms with Crippen LogP contribution in [-0.2, 0) is 19.1 Å². The van der Waals surface area contributed by atoms with Gasteiger partial charge in [-0.25, -0.2) is 0 Å². The predicted molar refractivity (Wildman–Crippen MR) is 46.4 cm³/mol. The molecule has 12 heavy (non-hydrogen) atoms. The number of aromatic nitrogens is 2. The number of aryl methyl sites for hydroxylation is 1. The Morgan fingerprint density at radius 3 is 2.17 bits per heavy atom. The van der Waals surface area contributed by atoms with E-state index < -0.39 is 10.7 Å². The van der Waals surface area contributed by atoms with Gasteiger partial charge in [-0.3, -0.25) is 5.10 Å². The number of rotatable bonds is 1. The summed E-state index contributed by atoms with van der Waals surface area (Å²) in [4.78, 5) is 0.0556. The molecule has 0 atom stereocenters.